The molecule has 0 aliphatic carbocycles. The van der Waals surface area contributed by atoms with Gasteiger partial charge in [-0.25, -0.2) is 0 Å². The van der Waals surface area contributed by atoms with Crippen LogP contribution in [0.3, 0.4) is 0 Å². The molecule has 28 heavy (non-hydrogen) atoms. The summed E-state index contributed by atoms with van der Waals surface area (Å²) < 4.78 is 2.01. The van der Waals surface area contributed by atoms with E-state index in [1.54, 1.807) is 0 Å². The van der Waals surface area contributed by atoms with Gasteiger partial charge < -0.3 is 56.9 Å². The molecule has 1 rings (SSSR count). The standard InChI is InChI=1S/C22H42N4.2HI/c1-7-17-25(5,18-8-2)21-15-23-11-13-24(14-12-23)16-22-26(6,19-9-3)20-10-4;;/h7-10H,1-4,11-22H2,5-6H3;2*1H/q+2;;/p-2. The maximum Gasteiger partial charge on any atom is 0.0971 e. The lowest BCUT2D eigenvalue weighted by Crippen LogP contribution is -3.00. The quantitative estimate of drug-likeness (QED) is 0.113. The first-order valence-electron chi connectivity index (χ1n) is 9.96. The van der Waals surface area contributed by atoms with Crippen LogP contribution in [0.15, 0.2) is 50.6 Å². The molecule has 1 saturated heterocycles. The molecule has 0 amide bonds. The molecule has 0 N–H and O–H groups in total. The highest BCUT2D eigenvalue weighted by atomic mass is 127. The van der Waals surface area contributed by atoms with Crippen LogP contribution in [0.1, 0.15) is 0 Å². The van der Waals surface area contributed by atoms with E-state index in [2.05, 4.69) is 50.2 Å². The van der Waals surface area contributed by atoms with Crippen LogP contribution in [-0.2, 0) is 0 Å². The molecule has 0 aromatic rings. The van der Waals surface area contributed by atoms with E-state index in [1.807, 2.05) is 24.3 Å². The summed E-state index contributed by atoms with van der Waals surface area (Å²) in [6.07, 6.45) is 8.12. The molecule has 0 saturated carbocycles. The molecule has 0 unspecified atom stereocenters. The summed E-state index contributed by atoms with van der Waals surface area (Å²) in [6.45, 7) is 29.0. The Balaban J connectivity index is 0. The molecule has 164 valence electrons. The van der Waals surface area contributed by atoms with Crippen molar-refractivity contribution in [3.63, 3.8) is 0 Å². The smallest absolute Gasteiger partial charge is 0.0971 e. The molecule has 0 atom stereocenters. The summed E-state index contributed by atoms with van der Waals surface area (Å²) in [5.41, 5.74) is 0. The van der Waals surface area contributed by atoms with E-state index in [1.165, 1.54) is 26.2 Å². The minimum Gasteiger partial charge on any atom is -1.00 e. The Labute approximate surface area is 208 Å². The lowest BCUT2D eigenvalue weighted by atomic mass is 10.2. The van der Waals surface area contributed by atoms with Crippen LogP contribution in [0.2, 0.25) is 0 Å². The zero-order valence-corrected chi connectivity index (χ0v) is 22.5. The van der Waals surface area contributed by atoms with E-state index in [4.69, 9.17) is 0 Å². The van der Waals surface area contributed by atoms with Crippen molar-refractivity contribution < 1.29 is 56.9 Å². The fourth-order valence-corrected chi connectivity index (χ4v) is 3.76. The van der Waals surface area contributed by atoms with Crippen molar-refractivity contribution in [3.8, 4) is 0 Å². The van der Waals surface area contributed by atoms with Gasteiger partial charge in [0, 0.05) is 39.3 Å². The zero-order valence-electron chi connectivity index (χ0n) is 18.2. The first-order chi connectivity index (χ1) is 12.4. The van der Waals surface area contributed by atoms with Crippen LogP contribution in [-0.4, -0.2) is 111 Å². The van der Waals surface area contributed by atoms with Gasteiger partial charge >= 0.3 is 0 Å². The zero-order chi connectivity index (χ0) is 19.5. The van der Waals surface area contributed by atoms with Crippen LogP contribution < -0.4 is 48.0 Å². The molecule has 1 fully saturated rings. The second-order valence-corrected chi connectivity index (χ2v) is 8.25. The fraction of sp³-hybridized carbons (Fsp3) is 0.636. The maximum atomic E-state index is 3.92. The molecule has 1 heterocycles. The van der Waals surface area contributed by atoms with Gasteiger partial charge in [-0.2, -0.15) is 0 Å². The minimum absolute atomic E-state index is 0. The van der Waals surface area contributed by atoms with Crippen molar-refractivity contribution in [2.45, 2.75) is 0 Å². The van der Waals surface area contributed by atoms with E-state index >= 15 is 0 Å². The average Bonchev–Trinajstić information content (AvgIpc) is 2.60. The van der Waals surface area contributed by atoms with Gasteiger partial charge in [0.15, 0.2) is 0 Å². The third-order valence-corrected chi connectivity index (χ3v) is 5.66. The molecule has 0 aromatic heterocycles. The monoisotopic (exact) mass is 616 g/mol. The SMILES string of the molecule is C=CC[N+](C)(CC=C)CCN1CCN(CC[N+](C)(CC=C)CC=C)CC1.[I-].[I-]. The third kappa shape index (κ3) is 11.4. The Bertz CT molecular complexity index is 397. The Morgan fingerprint density at radius 3 is 1.07 bits per heavy atom. The minimum atomic E-state index is 0. The predicted octanol–water partition coefficient (Wildman–Crippen LogP) is -3.75. The highest BCUT2D eigenvalue weighted by Crippen LogP contribution is 2.09. The summed E-state index contributed by atoms with van der Waals surface area (Å²) in [5.74, 6) is 0. The molecule has 0 radical (unpaired) electrons. The van der Waals surface area contributed by atoms with Crippen LogP contribution >= 0.6 is 0 Å². The summed E-state index contributed by atoms with van der Waals surface area (Å²) in [4.78, 5) is 5.22. The van der Waals surface area contributed by atoms with Gasteiger partial charge in [0.25, 0.3) is 0 Å². The number of piperazine rings is 1. The summed E-state index contributed by atoms with van der Waals surface area (Å²) >= 11 is 0. The van der Waals surface area contributed by atoms with E-state index in [9.17, 15) is 0 Å². The normalized spacial score (nSPS) is 15.8. The van der Waals surface area contributed by atoms with Crippen molar-refractivity contribution in [1.82, 2.24) is 9.80 Å². The first kappa shape index (κ1) is 30.5. The molecule has 1 aliphatic rings. The molecule has 6 heteroatoms. The topological polar surface area (TPSA) is 6.48 Å². The largest absolute Gasteiger partial charge is 1.00 e. The van der Waals surface area contributed by atoms with Gasteiger partial charge in [-0.15, -0.1) is 0 Å². The Hall–Kier alpha value is 0.260. The number of hydrogen-bond donors (Lipinski definition) is 0. The number of nitrogens with zero attached hydrogens (tertiary/aromatic N) is 4. The highest BCUT2D eigenvalue weighted by molar-refractivity contribution is 4.76. The average molecular weight is 616 g/mol. The van der Waals surface area contributed by atoms with Crippen molar-refractivity contribution >= 4 is 0 Å². The molecular weight excluding hydrogens is 574 g/mol. The molecular formula is C22H42I2N4. The highest BCUT2D eigenvalue weighted by Gasteiger charge is 2.24. The Morgan fingerprint density at radius 2 is 0.857 bits per heavy atom. The van der Waals surface area contributed by atoms with Gasteiger partial charge in [0.1, 0.15) is 0 Å². The third-order valence-electron chi connectivity index (χ3n) is 5.66. The van der Waals surface area contributed by atoms with Gasteiger partial charge in [-0.3, -0.25) is 9.80 Å². The van der Waals surface area contributed by atoms with Crippen molar-refractivity contribution in [2.75, 3.05) is 92.6 Å². The van der Waals surface area contributed by atoms with Gasteiger partial charge in [0.2, 0.25) is 0 Å². The van der Waals surface area contributed by atoms with Crippen molar-refractivity contribution in [1.29, 1.82) is 0 Å². The van der Waals surface area contributed by atoms with Crippen LogP contribution in [0, 0.1) is 0 Å². The summed E-state index contributed by atoms with van der Waals surface area (Å²) in [6, 6.07) is 0. The Morgan fingerprint density at radius 1 is 0.607 bits per heavy atom. The van der Waals surface area contributed by atoms with Gasteiger partial charge in [0.05, 0.1) is 53.4 Å². The number of rotatable bonds is 14. The molecule has 1 aliphatic heterocycles. The van der Waals surface area contributed by atoms with Gasteiger partial charge in [-0.05, 0) is 24.3 Å². The second-order valence-electron chi connectivity index (χ2n) is 8.25. The number of quaternary nitrogens is 2. The number of likely N-dealkylation sites (N-methyl/N-ethyl adjacent to an activating group) is 2. The molecule has 0 spiro atoms. The van der Waals surface area contributed by atoms with Crippen molar-refractivity contribution in [2.24, 2.45) is 0 Å². The van der Waals surface area contributed by atoms with Crippen LogP contribution in [0.25, 0.3) is 0 Å². The van der Waals surface area contributed by atoms with Gasteiger partial charge in [-0.1, -0.05) is 26.3 Å². The van der Waals surface area contributed by atoms with Crippen LogP contribution in [0.5, 0.6) is 0 Å². The Kier molecular flexibility index (Phi) is 17.4. The second kappa shape index (κ2) is 16.0. The van der Waals surface area contributed by atoms with E-state index < -0.39 is 0 Å². The van der Waals surface area contributed by atoms with E-state index in [0.29, 0.717) is 0 Å². The fourth-order valence-electron chi connectivity index (χ4n) is 3.76. The lowest BCUT2D eigenvalue weighted by Gasteiger charge is -2.39. The van der Waals surface area contributed by atoms with E-state index in [-0.39, 0.29) is 48.0 Å². The number of halogens is 2. The maximum absolute atomic E-state index is 3.92. The predicted molar refractivity (Wildman–Crippen MR) is 115 cm³/mol. The molecule has 0 bridgehead atoms. The summed E-state index contributed by atoms with van der Waals surface area (Å²) in [5, 5.41) is 0. The number of hydrogen-bond acceptors (Lipinski definition) is 2. The lowest BCUT2D eigenvalue weighted by molar-refractivity contribution is -0.898. The molecule has 0 aromatic carbocycles. The first-order valence-corrected chi connectivity index (χ1v) is 9.96. The van der Waals surface area contributed by atoms with Crippen LogP contribution in [0.4, 0.5) is 0 Å². The van der Waals surface area contributed by atoms with E-state index in [0.717, 1.165) is 61.3 Å². The van der Waals surface area contributed by atoms with Crippen molar-refractivity contribution in [3.05, 3.63) is 50.6 Å². The molecule has 4 nitrogen and oxygen atoms in total. The summed E-state index contributed by atoms with van der Waals surface area (Å²) in [7, 11) is 4.61.